The van der Waals surface area contributed by atoms with E-state index in [0.29, 0.717) is 29.1 Å². The first-order chi connectivity index (χ1) is 17.9. The smallest absolute Gasteiger partial charge is 0.312 e. The van der Waals surface area contributed by atoms with Crippen LogP contribution < -0.4 is 0 Å². The molecule has 0 bridgehead atoms. The highest BCUT2D eigenvalue weighted by atomic mass is 32.2. The van der Waals surface area contributed by atoms with Crippen molar-refractivity contribution in [3.05, 3.63) is 76.6 Å². The fourth-order valence-electron chi connectivity index (χ4n) is 4.93. The van der Waals surface area contributed by atoms with Gasteiger partial charge in [0.05, 0.1) is 29.2 Å². The molecule has 2 heterocycles. The summed E-state index contributed by atoms with van der Waals surface area (Å²) in [5.74, 6) is -0.799. The molecule has 4 rings (SSSR count). The molecule has 0 saturated carbocycles. The summed E-state index contributed by atoms with van der Waals surface area (Å²) in [7, 11) is -1.96. The van der Waals surface area contributed by atoms with Gasteiger partial charge in [0.1, 0.15) is 5.69 Å². The van der Waals surface area contributed by atoms with Gasteiger partial charge in [-0.2, -0.15) is 4.31 Å². The van der Waals surface area contributed by atoms with E-state index in [1.165, 1.54) is 0 Å². The lowest BCUT2D eigenvalue weighted by atomic mass is 9.81. The van der Waals surface area contributed by atoms with Crippen LogP contribution in [0.2, 0.25) is 0 Å². The quantitative estimate of drug-likeness (QED) is 0.431. The molecule has 1 aromatic heterocycles. The molecule has 1 unspecified atom stereocenters. The van der Waals surface area contributed by atoms with E-state index in [-0.39, 0.29) is 19.1 Å². The van der Waals surface area contributed by atoms with Crippen molar-refractivity contribution in [3.8, 4) is 0 Å². The molecule has 1 aliphatic heterocycles. The number of ether oxygens (including phenoxy) is 1. The second kappa shape index (κ2) is 11.0. The summed E-state index contributed by atoms with van der Waals surface area (Å²) in [5.41, 5.74) is 2.60. The van der Waals surface area contributed by atoms with Crippen molar-refractivity contribution >= 4 is 16.0 Å². The van der Waals surface area contributed by atoms with Gasteiger partial charge >= 0.3 is 5.97 Å². The van der Waals surface area contributed by atoms with Crippen molar-refractivity contribution in [1.82, 2.24) is 19.3 Å². The van der Waals surface area contributed by atoms with E-state index < -0.39 is 27.5 Å². The fourth-order valence-corrected chi connectivity index (χ4v) is 6.65. The monoisotopic (exact) mass is 540 g/mol. The average molecular weight is 541 g/mol. The van der Waals surface area contributed by atoms with Gasteiger partial charge in [0.15, 0.2) is 0 Å². The predicted octanol–water partition coefficient (Wildman–Crippen LogP) is 4.27. The molecule has 0 aliphatic carbocycles. The van der Waals surface area contributed by atoms with Crippen molar-refractivity contribution < 1.29 is 23.1 Å². The molecule has 9 nitrogen and oxygen atoms in total. The fraction of sp³-hybridized carbons (Fsp3) is 0.464. The Balaban J connectivity index is 1.69. The second-order valence-corrected chi connectivity index (χ2v) is 12.6. The number of carbonyl (C=O) groups is 1. The maximum atomic E-state index is 13.7. The summed E-state index contributed by atoms with van der Waals surface area (Å²) in [5, 5.41) is 18.0. The average Bonchev–Trinajstić information content (AvgIpc) is 3.25. The van der Waals surface area contributed by atoms with Gasteiger partial charge in [-0.15, -0.1) is 5.10 Å². The van der Waals surface area contributed by atoms with E-state index in [4.69, 9.17) is 4.74 Å². The van der Waals surface area contributed by atoms with E-state index in [1.807, 2.05) is 37.3 Å². The number of aromatic nitrogens is 3. The van der Waals surface area contributed by atoms with Crippen LogP contribution in [-0.2, 0) is 46.2 Å². The molecule has 0 fully saturated rings. The van der Waals surface area contributed by atoms with Gasteiger partial charge in [0.2, 0.25) is 10.0 Å². The highest BCUT2D eigenvalue weighted by molar-refractivity contribution is 7.89. The van der Waals surface area contributed by atoms with Gasteiger partial charge in [-0.3, -0.25) is 9.48 Å². The number of hydrogen-bond acceptors (Lipinski definition) is 6. The highest BCUT2D eigenvalue weighted by Crippen LogP contribution is 2.39. The molecule has 1 aliphatic rings. The largest absolute Gasteiger partial charge is 0.481 e. The van der Waals surface area contributed by atoms with E-state index in [0.717, 1.165) is 23.1 Å². The minimum Gasteiger partial charge on any atom is -0.481 e. The summed E-state index contributed by atoms with van der Waals surface area (Å²) in [6, 6.07) is 12.9. The zero-order valence-electron chi connectivity index (χ0n) is 22.6. The van der Waals surface area contributed by atoms with Gasteiger partial charge < -0.3 is 9.84 Å². The third-order valence-electron chi connectivity index (χ3n) is 7.42. The molecule has 2 atom stereocenters. The summed E-state index contributed by atoms with van der Waals surface area (Å²) in [4.78, 5) is 12.6. The number of hydrogen-bond donors (Lipinski definition) is 1. The van der Waals surface area contributed by atoms with Crippen LogP contribution in [0.3, 0.4) is 0 Å². The molecule has 204 valence electrons. The third kappa shape index (κ3) is 5.67. The van der Waals surface area contributed by atoms with Crippen molar-refractivity contribution in [2.45, 2.75) is 64.7 Å². The number of aliphatic carboxylic acids is 1. The van der Waals surface area contributed by atoms with Crippen molar-refractivity contribution in [1.29, 1.82) is 0 Å². The Kier molecular flexibility index (Phi) is 8.06. The zero-order chi connectivity index (χ0) is 27.7. The Morgan fingerprint density at radius 1 is 1.24 bits per heavy atom. The Morgan fingerprint density at radius 2 is 1.97 bits per heavy atom. The number of nitrogens with zero attached hydrogens (tertiary/aromatic N) is 4. The van der Waals surface area contributed by atoms with Crippen LogP contribution in [-0.4, -0.2) is 45.3 Å². The maximum absolute atomic E-state index is 13.7. The van der Waals surface area contributed by atoms with Crippen molar-refractivity contribution in [2.24, 2.45) is 18.4 Å². The summed E-state index contributed by atoms with van der Waals surface area (Å²) >= 11 is 0. The zero-order valence-corrected chi connectivity index (χ0v) is 23.4. The summed E-state index contributed by atoms with van der Waals surface area (Å²) in [6.07, 6.45) is 2.50. The van der Waals surface area contributed by atoms with Gasteiger partial charge in [-0.05, 0) is 61.4 Å². The SMILES string of the molecule is CC[C@H]1Cc2ccccc2S(=O)(=O)N(Cc2cc(C(OCc3cn(C)nn3)C(C)(C)C(=O)O)ccc2C)C1. The molecule has 1 N–H and O–H groups in total. The molecule has 38 heavy (non-hydrogen) atoms. The molecule has 10 heteroatoms. The minimum absolute atomic E-state index is 0.0912. The standard InChI is InChI=1S/C28H36N4O5S/c1-6-20-13-21-9-7-8-10-25(21)38(35,36)32(15-20)16-23-14-22(12-11-19(23)2)26(28(3,4)27(33)34)37-18-24-17-31(5)30-29-24/h7-12,14,17,20,26H,6,13,15-16,18H2,1-5H3,(H,33,34)/t20-,26?/m0/s1. The van der Waals surface area contributed by atoms with E-state index in [1.54, 1.807) is 48.2 Å². The van der Waals surface area contributed by atoms with Crippen LogP contribution >= 0.6 is 0 Å². The highest BCUT2D eigenvalue weighted by Gasteiger charge is 2.40. The first kappa shape index (κ1) is 27.9. The van der Waals surface area contributed by atoms with Crippen LogP contribution in [0.15, 0.2) is 53.6 Å². The van der Waals surface area contributed by atoms with Gasteiger partial charge in [0.25, 0.3) is 0 Å². The van der Waals surface area contributed by atoms with Crippen LogP contribution in [0, 0.1) is 18.3 Å². The Bertz CT molecular complexity index is 1420. The first-order valence-corrected chi connectivity index (χ1v) is 14.2. The maximum Gasteiger partial charge on any atom is 0.312 e. The molecule has 0 amide bonds. The van der Waals surface area contributed by atoms with E-state index >= 15 is 0 Å². The third-order valence-corrected chi connectivity index (χ3v) is 9.33. The number of benzene rings is 2. The molecular weight excluding hydrogens is 504 g/mol. The first-order valence-electron chi connectivity index (χ1n) is 12.8. The van der Waals surface area contributed by atoms with E-state index in [2.05, 4.69) is 17.2 Å². The molecule has 0 saturated heterocycles. The Morgan fingerprint density at radius 3 is 2.63 bits per heavy atom. The second-order valence-electron chi connectivity index (χ2n) is 10.7. The molecule has 0 radical (unpaired) electrons. The normalized spacial score (nSPS) is 18.5. The van der Waals surface area contributed by atoms with Crippen molar-refractivity contribution in [3.63, 3.8) is 0 Å². The van der Waals surface area contributed by atoms with E-state index in [9.17, 15) is 18.3 Å². The molecular formula is C28H36N4O5S. The number of aryl methyl sites for hydroxylation is 2. The number of carboxylic acid groups (broad SMARTS) is 1. The summed E-state index contributed by atoms with van der Waals surface area (Å²) < 4.78 is 36.8. The van der Waals surface area contributed by atoms with Crippen LogP contribution in [0.5, 0.6) is 0 Å². The number of rotatable bonds is 9. The topological polar surface area (TPSA) is 115 Å². The number of carboxylic acids is 1. The van der Waals surface area contributed by atoms with Crippen molar-refractivity contribution in [2.75, 3.05) is 6.54 Å². The number of sulfonamides is 1. The summed E-state index contributed by atoms with van der Waals surface area (Å²) in [6.45, 7) is 7.97. The minimum atomic E-state index is -3.71. The van der Waals surface area contributed by atoms with Crippen LogP contribution in [0.25, 0.3) is 0 Å². The lowest BCUT2D eigenvalue weighted by Crippen LogP contribution is -2.34. The van der Waals surface area contributed by atoms with Crippen LogP contribution in [0.4, 0.5) is 0 Å². The van der Waals surface area contributed by atoms with Crippen LogP contribution in [0.1, 0.15) is 61.2 Å². The predicted molar refractivity (Wildman–Crippen MR) is 143 cm³/mol. The van der Waals surface area contributed by atoms with Gasteiger partial charge in [-0.25, -0.2) is 8.42 Å². The van der Waals surface area contributed by atoms with Gasteiger partial charge in [-0.1, -0.05) is 55.0 Å². The molecule has 0 spiro atoms. The number of fused-ring (bicyclic) bond motifs is 1. The lowest BCUT2D eigenvalue weighted by Gasteiger charge is -2.31. The Hall–Kier alpha value is -3.08. The molecule has 3 aromatic rings. The van der Waals surface area contributed by atoms with Gasteiger partial charge in [0, 0.05) is 20.1 Å². The molecule has 2 aromatic carbocycles. The lowest BCUT2D eigenvalue weighted by molar-refractivity contribution is -0.158. The Labute approximate surface area is 224 Å².